The lowest BCUT2D eigenvalue weighted by atomic mass is 10.2. The van der Waals surface area contributed by atoms with Crippen LogP contribution >= 0.6 is 35.0 Å². The molecule has 4 rings (SSSR count). The molecule has 3 amide bonds. The summed E-state index contributed by atoms with van der Waals surface area (Å²) in [5.74, 6) is -0.820. The van der Waals surface area contributed by atoms with E-state index in [4.69, 9.17) is 27.6 Å². The number of carbonyl (C=O) groups is 3. The average Bonchev–Trinajstić information content (AvgIpc) is 3.36. The van der Waals surface area contributed by atoms with Gasteiger partial charge in [-0.25, -0.2) is 0 Å². The van der Waals surface area contributed by atoms with Crippen LogP contribution in [0.15, 0.2) is 63.9 Å². The Labute approximate surface area is 210 Å². The molecule has 1 aromatic heterocycles. The Morgan fingerprint density at radius 1 is 1.06 bits per heavy atom. The van der Waals surface area contributed by atoms with Gasteiger partial charge in [-0.15, -0.1) is 0 Å². The summed E-state index contributed by atoms with van der Waals surface area (Å²) in [6.07, 6.45) is -3.22. The van der Waals surface area contributed by atoms with Crippen molar-refractivity contribution < 1.29 is 32.0 Å². The first-order valence-corrected chi connectivity index (χ1v) is 11.4. The van der Waals surface area contributed by atoms with Crippen molar-refractivity contribution in [1.29, 1.82) is 0 Å². The van der Waals surface area contributed by atoms with Crippen LogP contribution in [0.5, 0.6) is 0 Å². The molecule has 1 aliphatic rings. The highest BCUT2D eigenvalue weighted by Gasteiger charge is 2.37. The van der Waals surface area contributed by atoms with Gasteiger partial charge in [0.2, 0.25) is 5.91 Å². The molecule has 6 nitrogen and oxygen atoms in total. The van der Waals surface area contributed by atoms with Crippen molar-refractivity contribution in [3.63, 3.8) is 0 Å². The molecule has 3 aromatic rings. The number of rotatable bonds is 5. The van der Waals surface area contributed by atoms with Crippen LogP contribution in [-0.4, -0.2) is 28.5 Å². The number of alkyl halides is 3. The maximum absolute atomic E-state index is 12.9. The summed E-state index contributed by atoms with van der Waals surface area (Å²) in [7, 11) is 0. The topological polar surface area (TPSA) is 79.6 Å². The van der Waals surface area contributed by atoms with E-state index < -0.39 is 35.3 Å². The molecule has 0 aliphatic carbocycles. The van der Waals surface area contributed by atoms with Crippen LogP contribution in [0.2, 0.25) is 10.0 Å². The molecule has 12 heteroatoms. The summed E-state index contributed by atoms with van der Waals surface area (Å²) in [4.78, 5) is 38.0. The van der Waals surface area contributed by atoms with Gasteiger partial charge in [-0.05, 0) is 60.3 Å². The molecule has 180 valence electrons. The second-order valence-corrected chi connectivity index (χ2v) is 9.03. The molecule has 35 heavy (non-hydrogen) atoms. The molecule has 0 spiro atoms. The molecule has 2 aromatic carbocycles. The van der Waals surface area contributed by atoms with Crippen molar-refractivity contribution in [1.82, 2.24) is 4.90 Å². The number of hydrogen-bond donors (Lipinski definition) is 1. The quantitative estimate of drug-likeness (QED) is 0.354. The van der Waals surface area contributed by atoms with Gasteiger partial charge in [0.25, 0.3) is 11.1 Å². The summed E-state index contributed by atoms with van der Waals surface area (Å²) in [5, 5.41) is 2.29. The monoisotopic (exact) mass is 540 g/mol. The number of amides is 3. The SMILES string of the molecule is O=C(CN1C(=O)S/C(=C\c2ccc(-c3ccc(Cl)c(Cl)c3)o2)C1=O)Nc1cccc(C(F)(F)F)c1. The Balaban J connectivity index is 1.44. The minimum absolute atomic E-state index is 0.0249. The van der Waals surface area contributed by atoms with Crippen LogP contribution in [0.3, 0.4) is 0 Å². The first kappa shape index (κ1) is 24.9. The molecule has 1 N–H and O–H groups in total. The van der Waals surface area contributed by atoms with Gasteiger partial charge in [-0.1, -0.05) is 29.3 Å². The van der Waals surface area contributed by atoms with E-state index in [9.17, 15) is 27.6 Å². The summed E-state index contributed by atoms with van der Waals surface area (Å²) in [6.45, 7) is -0.662. The minimum atomic E-state index is -4.58. The summed E-state index contributed by atoms with van der Waals surface area (Å²) >= 11 is 12.5. The second-order valence-electron chi connectivity index (χ2n) is 7.23. The maximum Gasteiger partial charge on any atom is 0.416 e. The fourth-order valence-electron chi connectivity index (χ4n) is 3.12. The molecular weight excluding hydrogens is 528 g/mol. The number of benzene rings is 2. The lowest BCUT2D eigenvalue weighted by Gasteiger charge is -2.13. The first-order valence-electron chi connectivity index (χ1n) is 9.79. The van der Waals surface area contributed by atoms with Gasteiger partial charge < -0.3 is 9.73 Å². The summed E-state index contributed by atoms with van der Waals surface area (Å²) in [6, 6.07) is 12.2. The second kappa shape index (κ2) is 9.80. The molecular formula is C23H13Cl2F3N2O4S. The number of imide groups is 1. The number of hydrogen-bond acceptors (Lipinski definition) is 5. The van der Waals surface area contributed by atoms with Crippen molar-refractivity contribution in [3.8, 4) is 11.3 Å². The van der Waals surface area contributed by atoms with Crippen LogP contribution in [0.25, 0.3) is 17.4 Å². The lowest BCUT2D eigenvalue weighted by molar-refractivity contribution is -0.137. The first-order chi connectivity index (χ1) is 16.5. The Bertz CT molecular complexity index is 1370. The van der Waals surface area contributed by atoms with Crippen LogP contribution in [0.4, 0.5) is 23.7 Å². The molecule has 1 saturated heterocycles. The molecule has 1 fully saturated rings. The van der Waals surface area contributed by atoms with Crippen LogP contribution in [0, 0.1) is 0 Å². The third-order valence-electron chi connectivity index (χ3n) is 4.75. The van der Waals surface area contributed by atoms with E-state index in [-0.39, 0.29) is 16.4 Å². The number of nitrogens with one attached hydrogen (secondary N) is 1. The smallest absolute Gasteiger partial charge is 0.416 e. The Morgan fingerprint density at radius 3 is 2.54 bits per heavy atom. The number of halogens is 5. The highest BCUT2D eigenvalue weighted by atomic mass is 35.5. The molecule has 0 saturated carbocycles. The molecule has 0 atom stereocenters. The zero-order valence-corrected chi connectivity index (χ0v) is 19.7. The predicted octanol–water partition coefficient (Wildman–Crippen LogP) is 6.95. The third-order valence-corrected chi connectivity index (χ3v) is 6.40. The highest BCUT2D eigenvalue weighted by molar-refractivity contribution is 8.18. The van der Waals surface area contributed by atoms with Gasteiger partial charge >= 0.3 is 6.18 Å². The zero-order valence-electron chi connectivity index (χ0n) is 17.4. The van der Waals surface area contributed by atoms with Crippen LogP contribution in [-0.2, 0) is 15.8 Å². The Morgan fingerprint density at radius 2 is 1.83 bits per heavy atom. The minimum Gasteiger partial charge on any atom is -0.457 e. The number of nitrogens with zero attached hydrogens (tertiary/aromatic N) is 1. The van der Waals surface area contributed by atoms with Crippen LogP contribution < -0.4 is 5.32 Å². The number of furan rings is 1. The summed E-state index contributed by atoms with van der Waals surface area (Å²) < 4.78 is 44.3. The van der Waals surface area contributed by atoms with E-state index in [2.05, 4.69) is 5.32 Å². The fraction of sp³-hybridized carbons (Fsp3) is 0.0870. The van der Waals surface area contributed by atoms with Gasteiger partial charge in [0.1, 0.15) is 18.1 Å². The van der Waals surface area contributed by atoms with E-state index in [1.54, 1.807) is 30.3 Å². The standard InChI is InChI=1S/C23H13Cl2F3N2O4S/c24-16-6-4-12(8-17(16)25)18-7-5-15(34-18)10-19-21(32)30(22(33)35-19)11-20(31)29-14-3-1-2-13(9-14)23(26,27)28/h1-10H,11H2,(H,29,31)/b19-10-. The van der Waals surface area contributed by atoms with E-state index in [0.717, 1.165) is 18.2 Å². The van der Waals surface area contributed by atoms with E-state index >= 15 is 0 Å². The molecule has 2 heterocycles. The van der Waals surface area contributed by atoms with E-state index in [1.807, 2.05) is 0 Å². The maximum atomic E-state index is 12.9. The van der Waals surface area contributed by atoms with Gasteiger partial charge in [0.05, 0.1) is 20.5 Å². The third kappa shape index (κ3) is 5.72. The summed E-state index contributed by atoms with van der Waals surface area (Å²) in [5.41, 5.74) is -0.403. The van der Waals surface area contributed by atoms with Crippen molar-refractivity contribution in [2.45, 2.75) is 6.18 Å². The fourth-order valence-corrected chi connectivity index (χ4v) is 4.23. The van der Waals surface area contributed by atoms with Gasteiger partial charge in [-0.3, -0.25) is 19.3 Å². The Hall–Kier alpha value is -3.21. The normalized spacial score (nSPS) is 15.2. The van der Waals surface area contributed by atoms with E-state index in [1.165, 1.54) is 12.1 Å². The molecule has 0 radical (unpaired) electrons. The van der Waals surface area contributed by atoms with Gasteiger partial charge in [-0.2, -0.15) is 13.2 Å². The largest absolute Gasteiger partial charge is 0.457 e. The van der Waals surface area contributed by atoms with Crippen molar-refractivity contribution in [2.24, 2.45) is 0 Å². The molecule has 0 bridgehead atoms. The number of carbonyl (C=O) groups excluding carboxylic acids is 3. The van der Waals surface area contributed by atoms with E-state index in [0.29, 0.717) is 38.0 Å². The molecule has 1 aliphatic heterocycles. The lowest BCUT2D eigenvalue weighted by Crippen LogP contribution is -2.36. The molecule has 0 unspecified atom stereocenters. The van der Waals surface area contributed by atoms with Crippen LogP contribution in [0.1, 0.15) is 11.3 Å². The van der Waals surface area contributed by atoms with Gasteiger partial charge in [0.15, 0.2) is 0 Å². The van der Waals surface area contributed by atoms with Gasteiger partial charge in [0, 0.05) is 17.3 Å². The van der Waals surface area contributed by atoms with Crippen molar-refractivity contribution >= 4 is 63.8 Å². The Kier molecular flexibility index (Phi) is 6.98. The van der Waals surface area contributed by atoms with Crippen molar-refractivity contribution in [3.05, 3.63) is 80.9 Å². The predicted molar refractivity (Wildman–Crippen MR) is 127 cm³/mol. The number of anilines is 1. The van der Waals surface area contributed by atoms with Crippen molar-refractivity contribution in [2.75, 3.05) is 11.9 Å². The number of thioether (sulfide) groups is 1. The average molecular weight is 541 g/mol. The highest BCUT2D eigenvalue weighted by Crippen LogP contribution is 2.35. The zero-order chi connectivity index (χ0) is 25.3.